The number of carbonyl (C=O) groups excluding carboxylic acids is 3. The van der Waals surface area contributed by atoms with Crippen LogP contribution in [0.15, 0.2) is 66.7 Å². The highest BCUT2D eigenvalue weighted by atomic mass is 16.6. The second-order valence-corrected chi connectivity index (χ2v) is 7.04. The van der Waals surface area contributed by atoms with E-state index >= 15 is 0 Å². The van der Waals surface area contributed by atoms with Crippen molar-refractivity contribution in [3.8, 4) is 11.5 Å². The van der Waals surface area contributed by atoms with Gasteiger partial charge >= 0.3 is 11.9 Å². The van der Waals surface area contributed by atoms with Gasteiger partial charge in [-0.1, -0.05) is 6.07 Å². The Morgan fingerprint density at radius 3 is 2.09 bits per heavy atom. The second kappa shape index (κ2) is 11.4. The topological polar surface area (TPSA) is 134 Å². The first-order valence-electron chi connectivity index (χ1n) is 10.6. The van der Waals surface area contributed by atoms with E-state index in [4.69, 9.17) is 14.2 Å². The molecular weight excluding hydrogens is 456 g/mol. The van der Waals surface area contributed by atoms with Gasteiger partial charge in [-0.2, -0.15) is 0 Å². The maximum absolute atomic E-state index is 12.4. The van der Waals surface area contributed by atoms with Crippen molar-refractivity contribution in [1.82, 2.24) is 0 Å². The van der Waals surface area contributed by atoms with Crippen molar-refractivity contribution in [2.75, 3.05) is 18.5 Å². The summed E-state index contributed by atoms with van der Waals surface area (Å²) in [5, 5.41) is 13.6. The van der Waals surface area contributed by atoms with Gasteiger partial charge in [0.05, 0.1) is 29.3 Å². The highest BCUT2D eigenvalue weighted by Gasteiger charge is 2.20. The quantitative estimate of drug-likeness (QED) is 0.258. The molecule has 0 atom stereocenters. The van der Waals surface area contributed by atoms with Crippen molar-refractivity contribution in [2.24, 2.45) is 0 Å². The minimum Gasteiger partial charge on any atom is -0.462 e. The first kappa shape index (κ1) is 24.9. The van der Waals surface area contributed by atoms with Gasteiger partial charge in [0.1, 0.15) is 11.5 Å². The van der Waals surface area contributed by atoms with Gasteiger partial charge in [-0.05, 0) is 62.4 Å². The van der Waals surface area contributed by atoms with E-state index in [9.17, 15) is 24.5 Å². The molecule has 3 rings (SSSR count). The SMILES string of the molecule is CCOC(=O)c1ccc(Oc2ccc(NC(=O)c3cccc([N+](=O)[O-])c3)cc2)cc1C(=O)OCC. The molecule has 3 aromatic rings. The first-order chi connectivity index (χ1) is 16.8. The fourth-order valence-electron chi connectivity index (χ4n) is 3.06. The van der Waals surface area contributed by atoms with E-state index < -0.39 is 22.8 Å². The van der Waals surface area contributed by atoms with Crippen LogP contribution >= 0.6 is 0 Å². The number of nitro groups is 1. The molecule has 10 nitrogen and oxygen atoms in total. The number of amides is 1. The van der Waals surface area contributed by atoms with Crippen LogP contribution in [0.2, 0.25) is 0 Å². The molecule has 0 fully saturated rings. The third-order valence-electron chi connectivity index (χ3n) is 4.65. The minimum absolute atomic E-state index is 0.0173. The third kappa shape index (κ3) is 6.41. The average molecular weight is 478 g/mol. The van der Waals surface area contributed by atoms with Crippen LogP contribution in [-0.2, 0) is 9.47 Å². The van der Waals surface area contributed by atoms with Crippen LogP contribution in [0.5, 0.6) is 11.5 Å². The van der Waals surface area contributed by atoms with E-state index in [0.717, 1.165) is 0 Å². The molecule has 1 N–H and O–H groups in total. The van der Waals surface area contributed by atoms with Gasteiger partial charge in [0.25, 0.3) is 11.6 Å². The standard InChI is InChI=1S/C25H22N2O8/c1-3-33-24(29)21-13-12-20(15-22(21)25(30)34-4-2)35-19-10-8-17(9-11-19)26-23(28)16-6-5-7-18(14-16)27(31)32/h5-15H,3-4H2,1-2H3,(H,26,28). The molecule has 0 saturated carbocycles. The smallest absolute Gasteiger partial charge is 0.339 e. The molecule has 1 amide bonds. The lowest BCUT2D eigenvalue weighted by atomic mass is 10.1. The monoisotopic (exact) mass is 478 g/mol. The van der Waals surface area contributed by atoms with Crippen LogP contribution in [0.3, 0.4) is 0 Å². The van der Waals surface area contributed by atoms with E-state index in [1.54, 1.807) is 38.1 Å². The molecule has 180 valence electrons. The highest BCUT2D eigenvalue weighted by molar-refractivity contribution is 6.05. The van der Waals surface area contributed by atoms with E-state index in [2.05, 4.69) is 5.32 Å². The van der Waals surface area contributed by atoms with Crippen molar-refractivity contribution in [3.05, 3.63) is 93.5 Å². The van der Waals surface area contributed by atoms with Crippen LogP contribution in [0, 0.1) is 10.1 Å². The van der Waals surface area contributed by atoms with Crippen molar-refractivity contribution in [1.29, 1.82) is 0 Å². The van der Waals surface area contributed by atoms with Crippen LogP contribution in [0.25, 0.3) is 0 Å². The Labute approximate surface area is 200 Å². The normalized spacial score (nSPS) is 10.2. The number of nitro benzene ring substituents is 1. The molecule has 35 heavy (non-hydrogen) atoms. The molecule has 3 aromatic carbocycles. The fourth-order valence-corrected chi connectivity index (χ4v) is 3.06. The molecule has 0 saturated heterocycles. The number of nitrogens with one attached hydrogen (secondary N) is 1. The molecule has 0 aliphatic rings. The maximum atomic E-state index is 12.4. The molecular formula is C25H22N2O8. The van der Waals surface area contributed by atoms with E-state index in [1.807, 2.05) is 0 Å². The number of esters is 2. The number of hydrogen-bond donors (Lipinski definition) is 1. The molecule has 0 unspecified atom stereocenters. The maximum Gasteiger partial charge on any atom is 0.339 e. The second-order valence-electron chi connectivity index (χ2n) is 7.04. The van der Waals surface area contributed by atoms with Crippen LogP contribution < -0.4 is 10.1 Å². The molecule has 0 radical (unpaired) electrons. The number of hydrogen-bond acceptors (Lipinski definition) is 8. The number of nitrogens with zero attached hydrogens (tertiary/aromatic N) is 1. The van der Waals surface area contributed by atoms with Gasteiger partial charge in [0.2, 0.25) is 0 Å². The molecule has 0 aliphatic heterocycles. The van der Waals surface area contributed by atoms with Gasteiger partial charge in [-0.15, -0.1) is 0 Å². The Kier molecular flexibility index (Phi) is 8.12. The van der Waals surface area contributed by atoms with Crippen molar-refractivity contribution >= 4 is 29.2 Å². The number of rotatable bonds is 9. The Hall–Kier alpha value is -4.73. The third-order valence-corrected chi connectivity index (χ3v) is 4.65. The summed E-state index contributed by atoms with van der Waals surface area (Å²) in [6, 6.07) is 16.1. The summed E-state index contributed by atoms with van der Waals surface area (Å²) in [6.07, 6.45) is 0. The zero-order valence-electron chi connectivity index (χ0n) is 19.0. The summed E-state index contributed by atoms with van der Waals surface area (Å²) in [5.41, 5.74) is 0.490. The predicted octanol–water partition coefficient (Wildman–Crippen LogP) is 4.99. The molecule has 0 spiro atoms. The van der Waals surface area contributed by atoms with E-state index in [-0.39, 0.29) is 41.3 Å². The van der Waals surface area contributed by atoms with Crippen LogP contribution in [-0.4, -0.2) is 36.0 Å². The van der Waals surface area contributed by atoms with Gasteiger partial charge in [0, 0.05) is 23.4 Å². The summed E-state index contributed by atoms with van der Waals surface area (Å²) >= 11 is 0. The predicted molar refractivity (Wildman–Crippen MR) is 126 cm³/mol. The highest BCUT2D eigenvalue weighted by Crippen LogP contribution is 2.27. The summed E-state index contributed by atoms with van der Waals surface area (Å²) in [4.78, 5) is 47.3. The zero-order valence-corrected chi connectivity index (χ0v) is 19.0. The van der Waals surface area contributed by atoms with Gasteiger partial charge in [-0.3, -0.25) is 14.9 Å². The Balaban J connectivity index is 1.74. The minimum atomic E-state index is -0.680. The number of carbonyl (C=O) groups is 3. The van der Waals surface area contributed by atoms with Crippen molar-refractivity contribution in [2.45, 2.75) is 13.8 Å². The Bertz CT molecular complexity index is 1250. The van der Waals surface area contributed by atoms with Crippen LogP contribution in [0.1, 0.15) is 44.9 Å². The van der Waals surface area contributed by atoms with Gasteiger partial charge < -0.3 is 19.5 Å². The summed E-state index contributed by atoms with van der Waals surface area (Å²) in [5.74, 6) is -1.14. The lowest BCUT2D eigenvalue weighted by Crippen LogP contribution is -2.14. The number of benzene rings is 3. The largest absolute Gasteiger partial charge is 0.462 e. The van der Waals surface area contributed by atoms with Crippen LogP contribution in [0.4, 0.5) is 11.4 Å². The van der Waals surface area contributed by atoms with Gasteiger partial charge in [-0.25, -0.2) is 9.59 Å². The van der Waals surface area contributed by atoms with Crippen molar-refractivity contribution < 1.29 is 33.5 Å². The van der Waals surface area contributed by atoms with E-state index in [0.29, 0.717) is 11.4 Å². The molecule has 0 bridgehead atoms. The fraction of sp³-hybridized carbons (Fsp3) is 0.160. The summed E-state index contributed by atoms with van der Waals surface area (Å²) in [7, 11) is 0. The van der Waals surface area contributed by atoms with Crippen molar-refractivity contribution in [3.63, 3.8) is 0 Å². The van der Waals surface area contributed by atoms with Gasteiger partial charge in [0.15, 0.2) is 0 Å². The summed E-state index contributed by atoms with van der Waals surface area (Å²) in [6.45, 7) is 3.61. The zero-order chi connectivity index (χ0) is 25.4. The Morgan fingerprint density at radius 2 is 1.46 bits per heavy atom. The first-order valence-corrected chi connectivity index (χ1v) is 10.6. The number of anilines is 1. The lowest BCUT2D eigenvalue weighted by Gasteiger charge is -2.12. The molecule has 10 heteroatoms. The Morgan fingerprint density at radius 1 is 0.829 bits per heavy atom. The molecule has 0 aromatic heterocycles. The molecule has 0 aliphatic carbocycles. The lowest BCUT2D eigenvalue weighted by molar-refractivity contribution is -0.384. The molecule has 0 heterocycles. The average Bonchev–Trinajstić information content (AvgIpc) is 2.85. The number of ether oxygens (including phenoxy) is 3. The number of non-ortho nitro benzene ring substituents is 1. The summed E-state index contributed by atoms with van der Waals surface area (Å²) < 4.78 is 15.8. The van der Waals surface area contributed by atoms with E-state index in [1.165, 1.54) is 42.5 Å².